The number of hydrogen-bond acceptors (Lipinski definition) is 2. The molecular weight excluding hydrogens is 112 g/mol. The van der Waals surface area contributed by atoms with Gasteiger partial charge in [-0.3, -0.25) is 0 Å². The van der Waals surface area contributed by atoms with Gasteiger partial charge in [-0.2, -0.15) is 0 Å². The van der Waals surface area contributed by atoms with E-state index in [0.717, 1.165) is 0 Å². The van der Waals surface area contributed by atoms with Crippen molar-refractivity contribution in [3.05, 3.63) is 11.5 Å². The van der Waals surface area contributed by atoms with Crippen LogP contribution in [0.1, 0.15) is 13.8 Å². The van der Waals surface area contributed by atoms with Crippen molar-refractivity contribution in [2.45, 2.75) is 13.8 Å². The number of sulfone groups is 1. The van der Waals surface area contributed by atoms with Crippen molar-refractivity contribution >= 4 is 9.84 Å². The minimum Gasteiger partial charge on any atom is -0.228 e. The normalized spacial score (nSPS) is 12.6. The fourth-order valence-corrected chi connectivity index (χ4v) is 0. The summed E-state index contributed by atoms with van der Waals surface area (Å²) in [7, 11) is -3.07. The molecule has 0 atom stereocenters. The van der Waals surface area contributed by atoms with Crippen molar-refractivity contribution in [2.24, 2.45) is 0 Å². The minimum atomic E-state index is -3.07. The van der Waals surface area contributed by atoms with Gasteiger partial charge in [-0.15, -0.1) is 0 Å². The summed E-state index contributed by atoms with van der Waals surface area (Å²) in [6.07, 6.45) is 2.91. The van der Waals surface area contributed by atoms with Crippen LogP contribution in [-0.4, -0.2) is 8.42 Å². The van der Waals surface area contributed by atoms with E-state index < -0.39 is 9.84 Å². The Morgan fingerprint density at radius 1 is 1.43 bits per heavy atom. The molecule has 0 N–H and O–H groups in total. The maximum atomic E-state index is 10.2. The maximum absolute atomic E-state index is 10.2. The number of rotatable bonds is 1. The van der Waals surface area contributed by atoms with Crippen LogP contribution >= 0.6 is 0 Å². The van der Waals surface area contributed by atoms with Gasteiger partial charge in [0.1, 0.15) is 0 Å². The van der Waals surface area contributed by atoms with Crippen LogP contribution in [0.15, 0.2) is 0 Å². The number of hydrogen-bond donors (Lipinski definition) is 0. The molecular formula is C4H8O2S. The second kappa shape index (κ2) is 1.82. The standard InChI is InChI=1S/C4H8O2S/c1-4(2)7(3,5)6/h3H2,1-2H3. The van der Waals surface area contributed by atoms with Gasteiger partial charge < -0.3 is 0 Å². The lowest BCUT2D eigenvalue weighted by Gasteiger charge is -1.94. The van der Waals surface area contributed by atoms with Crippen molar-refractivity contribution in [3.8, 4) is 0 Å². The highest BCUT2D eigenvalue weighted by molar-refractivity contribution is 7.95. The Balaban J connectivity index is 4.10. The zero-order chi connectivity index (χ0) is 6.08. The lowest BCUT2D eigenvalue weighted by Crippen LogP contribution is -1.98. The molecule has 0 aromatic heterocycles. The lowest BCUT2D eigenvalue weighted by molar-refractivity contribution is 0.605. The van der Waals surface area contributed by atoms with Crippen molar-refractivity contribution in [1.82, 2.24) is 0 Å². The first-order valence-corrected chi connectivity index (χ1v) is 3.48. The summed E-state index contributed by atoms with van der Waals surface area (Å²) < 4.78 is 20.4. The topological polar surface area (TPSA) is 34.1 Å². The Labute approximate surface area is 44.5 Å². The highest BCUT2D eigenvalue weighted by Crippen LogP contribution is 2.04. The van der Waals surface area contributed by atoms with Crippen molar-refractivity contribution in [2.75, 3.05) is 0 Å². The van der Waals surface area contributed by atoms with Gasteiger partial charge in [-0.1, -0.05) is 0 Å². The van der Waals surface area contributed by atoms with Crippen LogP contribution in [0.3, 0.4) is 0 Å². The van der Waals surface area contributed by atoms with Crippen LogP contribution in [-0.2, 0) is 9.84 Å². The van der Waals surface area contributed by atoms with Crippen molar-refractivity contribution < 1.29 is 8.42 Å². The second-order valence-electron chi connectivity index (χ2n) is 1.52. The first-order chi connectivity index (χ1) is 2.94. The van der Waals surface area contributed by atoms with E-state index in [-0.39, 0.29) is 0 Å². The van der Waals surface area contributed by atoms with E-state index in [1.54, 1.807) is 0 Å². The van der Waals surface area contributed by atoms with Crippen LogP contribution in [0.25, 0.3) is 0 Å². The summed E-state index contributed by atoms with van der Waals surface area (Å²) in [5.41, 5.74) is 0. The van der Waals surface area contributed by atoms with Gasteiger partial charge in [0.05, 0.1) is 11.5 Å². The molecule has 0 aromatic carbocycles. The summed E-state index contributed by atoms with van der Waals surface area (Å²) in [5.74, 6) is 0. The molecule has 2 nitrogen and oxygen atoms in total. The highest BCUT2D eigenvalue weighted by atomic mass is 32.2. The van der Waals surface area contributed by atoms with E-state index in [1.165, 1.54) is 13.8 Å². The highest BCUT2D eigenvalue weighted by Gasteiger charge is 2.07. The molecule has 0 aromatic rings. The molecule has 0 spiro atoms. The Morgan fingerprint density at radius 2 is 1.57 bits per heavy atom. The average molecular weight is 120 g/mol. The van der Waals surface area contributed by atoms with Crippen molar-refractivity contribution in [1.29, 1.82) is 0 Å². The van der Waals surface area contributed by atoms with E-state index in [1.807, 2.05) is 0 Å². The molecule has 0 rings (SSSR count). The lowest BCUT2D eigenvalue weighted by atomic mass is 10.6. The SMILES string of the molecule is [CH2]S(=O)(=O)[C](C)C. The third-order valence-electron chi connectivity index (χ3n) is 0.622. The van der Waals surface area contributed by atoms with E-state index in [4.69, 9.17) is 0 Å². The van der Waals surface area contributed by atoms with Gasteiger partial charge >= 0.3 is 0 Å². The fraction of sp³-hybridized carbons (Fsp3) is 0.500. The molecule has 0 unspecified atom stereocenters. The molecule has 0 amide bonds. The molecule has 0 fully saturated rings. The van der Waals surface area contributed by atoms with E-state index in [2.05, 4.69) is 6.26 Å². The third-order valence-corrected chi connectivity index (χ3v) is 1.87. The second-order valence-corrected chi connectivity index (χ2v) is 3.57. The molecule has 3 heteroatoms. The third kappa shape index (κ3) is 2.62. The smallest absolute Gasteiger partial charge is 0.157 e. The van der Waals surface area contributed by atoms with E-state index in [0.29, 0.717) is 5.25 Å². The molecule has 0 aliphatic carbocycles. The van der Waals surface area contributed by atoms with Gasteiger partial charge in [-0.25, -0.2) is 8.42 Å². The summed E-state index contributed by atoms with van der Waals surface area (Å²) in [5, 5.41) is 0.354. The van der Waals surface area contributed by atoms with Gasteiger partial charge in [0.25, 0.3) is 0 Å². The predicted octanol–water partition coefficient (Wildman–Crippen LogP) is 0.765. The quantitative estimate of drug-likeness (QED) is 0.512. The largest absolute Gasteiger partial charge is 0.228 e. The van der Waals surface area contributed by atoms with Gasteiger partial charge in [0.15, 0.2) is 9.84 Å². The first kappa shape index (κ1) is 6.95. The Kier molecular flexibility index (Phi) is 1.81. The molecule has 0 aliphatic heterocycles. The van der Waals surface area contributed by atoms with Gasteiger partial charge in [0, 0.05) is 0 Å². The Morgan fingerprint density at radius 3 is 1.57 bits per heavy atom. The Hall–Kier alpha value is -0.0500. The van der Waals surface area contributed by atoms with Crippen LogP contribution in [0, 0.1) is 11.5 Å². The summed E-state index contributed by atoms with van der Waals surface area (Å²) in [4.78, 5) is 0. The molecule has 42 valence electrons. The Bertz CT molecular complexity index is 132. The molecule has 0 bridgehead atoms. The molecule has 0 heterocycles. The fourth-order valence-electron chi connectivity index (χ4n) is 0. The predicted molar refractivity (Wildman–Crippen MR) is 28.9 cm³/mol. The van der Waals surface area contributed by atoms with E-state index >= 15 is 0 Å². The average Bonchev–Trinajstić information content (AvgIpc) is 1.31. The van der Waals surface area contributed by atoms with Crippen LogP contribution in [0.4, 0.5) is 0 Å². The minimum absolute atomic E-state index is 0.354. The van der Waals surface area contributed by atoms with Gasteiger partial charge in [0.2, 0.25) is 0 Å². The molecule has 7 heavy (non-hydrogen) atoms. The van der Waals surface area contributed by atoms with Crippen LogP contribution in [0.2, 0.25) is 0 Å². The summed E-state index contributed by atoms with van der Waals surface area (Å²) in [6, 6.07) is 0. The molecule has 0 saturated heterocycles. The zero-order valence-corrected chi connectivity index (χ0v) is 5.25. The van der Waals surface area contributed by atoms with E-state index in [9.17, 15) is 8.42 Å². The van der Waals surface area contributed by atoms with Crippen LogP contribution < -0.4 is 0 Å². The summed E-state index contributed by atoms with van der Waals surface area (Å²) >= 11 is 0. The molecule has 0 aliphatic rings. The van der Waals surface area contributed by atoms with Gasteiger partial charge in [-0.05, 0) is 13.8 Å². The van der Waals surface area contributed by atoms with Crippen molar-refractivity contribution in [3.63, 3.8) is 0 Å². The zero-order valence-electron chi connectivity index (χ0n) is 4.43. The molecule has 2 radical (unpaired) electrons. The monoisotopic (exact) mass is 120 g/mol. The van der Waals surface area contributed by atoms with Crippen LogP contribution in [0.5, 0.6) is 0 Å². The maximum Gasteiger partial charge on any atom is 0.157 e. The first-order valence-electron chi connectivity index (χ1n) is 1.83. The summed E-state index contributed by atoms with van der Waals surface area (Å²) in [6.45, 7) is 3.03. The molecule has 0 saturated carbocycles.